The van der Waals surface area contributed by atoms with Gasteiger partial charge in [-0.15, -0.1) is 0 Å². The van der Waals surface area contributed by atoms with Crippen LogP contribution in [0.2, 0.25) is 0 Å². The van der Waals surface area contributed by atoms with E-state index in [1.54, 1.807) is 6.33 Å². The lowest BCUT2D eigenvalue weighted by molar-refractivity contribution is 0.349. The quantitative estimate of drug-likeness (QED) is 0.883. The highest BCUT2D eigenvalue weighted by atomic mass is 15.0. The highest BCUT2D eigenvalue weighted by Gasteiger charge is 2.21. The maximum atomic E-state index is 4.45. The Kier molecular flexibility index (Phi) is 3.36. The Morgan fingerprint density at radius 2 is 2.00 bits per heavy atom. The van der Waals surface area contributed by atoms with Gasteiger partial charge in [0.15, 0.2) is 0 Å². The monoisotopic (exact) mass is 255 g/mol. The summed E-state index contributed by atoms with van der Waals surface area (Å²) in [6, 6.07) is 6.89. The normalized spacial score (nSPS) is 23.5. The molecule has 1 fully saturated rings. The molecule has 1 aliphatic rings. The standard InChI is InChI=1S/C16H21N3/c1-11-7-8-15-13(9-11)16(18-10-17-15)19-14-6-4-3-5-12(14)2/h7-10,12,14H,3-6H2,1-2H3,(H,17,18,19). The van der Waals surface area contributed by atoms with E-state index in [1.807, 2.05) is 0 Å². The fourth-order valence-electron chi connectivity index (χ4n) is 2.99. The van der Waals surface area contributed by atoms with Gasteiger partial charge in [0.1, 0.15) is 12.1 Å². The van der Waals surface area contributed by atoms with Gasteiger partial charge in [0.2, 0.25) is 0 Å². The third kappa shape index (κ3) is 2.55. The number of fused-ring (bicyclic) bond motifs is 1. The molecular formula is C16H21N3. The second-order valence-corrected chi connectivity index (χ2v) is 5.76. The van der Waals surface area contributed by atoms with Crippen LogP contribution in [0.15, 0.2) is 24.5 Å². The molecule has 19 heavy (non-hydrogen) atoms. The lowest BCUT2D eigenvalue weighted by Gasteiger charge is -2.30. The summed E-state index contributed by atoms with van der Waals surface area (Å²) >= 11 is 0. The second kappa shape index (κ2) is 5.16. The van der Waals surface area contributed by atoms with E-state index >= 15 is 0 Å². The van der Waals surface area contributed by atoms with Crippen molar-refractivity contribution in [2.24, 2.45) is 5.92 Å². The first kappa shape index (κ1) is 12.4. The van der Waals surface area contributed by atoms with E-state index in [0.717, 1.165) is 22.6 Å². The van der Waals surface area contributed by atoms with Crippen LogP contribution in [0, 0.1) is 12.8 Å². The molecule has 2 unspecified atom stereocenters. The van der Waals surface area contributed by atoms with Crippen LogP contribution in [-0.4, -0.2) is 16.0 Å². The number of nitrogens with one attached hydrogen (secondary N) is 1. The number of hydrogen-bond acceptors (Lipinski definition) is 3. The van der Waals surface area contributed by atoms with Gasteiger partial charge < -0.3 is 5.32 Å². The van der Waals surface area contributed by atoms with E-state index in [1.165, 1.54) is 31.2 Å². The molecule has 3 heteroatoms. The third-order valence-electron chi connectivity index (χ3n) is 4.22. The Hall–Kier alpha value is -1.64. The number of rotatable bonds is 2. The average molecular weight is 255 g/mol. The molecule has 1 aromatic carbocycles. The van der Waals surface area contributed by atoms with Crippen molar-refractivity contribution in [1.29, 1.82) is 0 Å². The highest BCUT2D eigenvalue weighted by Crippen LogP contribution is 2.28. The molecule has 2 aromatic rings. The summed E-state index contributed by atoms with van der Waals surface area (Å²) in [7, 11) is 0. The van der Waals surface area contributed by atoms with E-state index in [0.29, 0.717) is 6.04 Å². The molecule has 0 radical (unpaired) electrons. The molecule has 1 saturated carbocycles. The van der Waals surface area contributed by atoms with Gasteiger partial charge in [-0.25, -0.2) is 9.97 Å². The smallest absolute Gasteiger partial charge is 0.137 e. The number of aryl methyl sites for hydroxylation is 1. The molecule has 0 spiro atoms. The maximum absolute atomic E-state index is 4.45. The minimum absolute atomic E-state index is 0.548. The molecule has 0 aliphatic heterocycles. The summed E-state index contributed by atoms with van der Waals surface area (Å²) in [6.07, 6.45) is 6.92. The average Bonchev–Trinajstić information content (AvgIpc) is 2.42. The molecule has 1 heterocycles. The highest BCUT2D eigenvalue weighted by molar-refractivity contribution is 5.89. The number of aromatic nitrogens is 2. The van der Waals surface area contributed by atoms with Gasteiger partial charge in [-0.1, -0.05) is 31.4 Å². The molecule has 0 bridgehead atoms. The Bertz CT molecular complexity index is 579. The molecule has 3 nitrogen and oxygen atoms in total. The van der Waals surface area contributed by atoms with Crippen LogP contribution in [0.1, 0.15) is 38.2 Å². The topological polar surface area (TPSA) is 37.8 Å². The zero-order chi connectivity index (χ0) is 13.2. The summed E-state index contributed by atoms with van der Waals surface area (Å²) < 4.78 is 0. The zero-order valence-corrected chi connectivity index (χ0v) is 11.7. The lowest BCUT2D eigenvalue weighted by Crippen LogP contribution is -2.30. The first-order chi connectivity index (χ1) is 9.24. The summed E-state index contributed by atoms with van der Waals surface area (Å²) in [5.41, 5.74) is 2.27. The van der Waals surface area contributed by atoms with Gasteiger partial charge in [-0.3, -0.25) is 0 Å². The van der Waals surface area contributed by atoms with Crippen molar-refractivity contribution in [2.75, 3.05) is 5.32 Å². The SMILES string of the molecule is Cc1ccc2ncnc(NC3CCCCC3C)c2c1. The van der Waals surface area contributed by atoms with E-state index in [-0.39, 0.29) is 0 Å². The molecular weight excluding hydrogens is 234 g/mol. The molecule has 1 aromatic heterocycles. The fraction of sp³-hybridized carbons (Fsp3) is 0.500. The number of anilines is 1. The molecule has 1 aliphatic carbocycles. The zero-order valence-electron chi connectivity index (χ0n) is 11.7. The Morgan fingerprint density at radius 3 is 2.84 bits per heavy atom. The molecule has 1 N–H and O–H groups in total. The maximum Gasteiger partial charge on any atom is 0.137 e. The largest absolute Gasteiger partial charge is 0.366 e. The van der Waals surface area contributed by atoms with Crippen LogP contribution in [0.25, 0.3) is 10.9 Å². The van der Waals surface area contributed by atoms with Gasteiger partial charge in [0.05, 0.1) is 5.52 Å². The second-order valence-electron chi connectivity index (χ2n) is 5.76. The fourth-order valence-corrected chi connectivity index (χ4v) is 2.99. The Morgan fingerprint density at radius 1 is 1.16 bits per heavy atom. The van der Waals surface area contributed by atoms with Crippen molar-refractivity contribution in [2.45, 2.75) is 45.6 Å². The van der Waals surface area contributed by atoms with Crippen molar-refractivity contribution in [3.63, 3.8) is 0 Å². The predicted molar refractivity (Wildman–Crippen MR) is 79.3 cm³/mol. The third-order valence-corrected chi connectivity index (χ3v) is 4.22. The van der Waals surface area contributed by atoms with Crippen LogP contribution >= 0.6 is 0 Å². The van der Waals surface area contributed by atoms with E-state index in [4.69, 9.17) is 0 Å². The van der Waals surface area contributed by atoms with Crippen LogP contribution in [0.3, 0.4) is 0 Å². The lowest BCUT2D eigenvalue weighted by atomic mass is 9.86. The summed E-state index contributed by atoms with van der Waals surface area (Å²) in [6.45, 7) is 4.45. The van der Waals surface area contributed by atoms with Crippen molar-refractivity contribution >= 4 is 16.7 Å². The summed E-state index contributed by atoms with van der Waals surface area (Å²) in [5, 5.41) is 4.79. The number of benzene rings is 1. The Balaban J connectivity index is 1.93. The number of nitrogens with zero attached hydrogens (tertiary/aromatic N) is 2. The summed E-state index contributed by atoms with van der Waals surface area (Å²) in [5.74, 6) is 1.72. The van der Waals surface area contributed by atoms with Crippen LogP contribution in [0.4, 0.5) is 5.82 Å². The Labute approximate surface area is 114 Å². The van der Waals surface area contributed by atoms with Crippen LogP contribution in [-0.2, 0) is 0 Å². The van der Waals surface area contributed by atoms with Crippen molar-refractivity contribution in [1.82, 2.24) is 9.97 Å². The van der Waals surface area contributed by atoms with E-state index < -0.39 is 0 Å². The van der Waals surface area contributed by atoms with Crippen LogP contribution < -0.4 is 5.32 Å². The minimum atomic E-state index is 0.548. The molecule has 100 valence electrons. The molecule has 2 atom stereocenters. The first-order valence-electron chi connectivity index (χ1n) is 7.22. The van der Waals surface area contributed by atoms with Gasteiger partial charge in [0.25, 0.3) is 0 Å². The van der Waals surface area contributed by atoms with E-state index in [2.05, 4.69) is 47.3 Å². The molecule has 0 saturated heterocycles. The molecule has 3 rings (SSSR count). The number of hydrogen-bond donors (Lipinski definition) is 1. The van der Waals surface area contributed by atoms with Crippen molar-refractivity contribution in [3.05, 3.63) is 30.1 Å². The van der Waals surface area contributed by atoms with Gasteiger partial charge in [0, 0.05) is 11.4 Å². The van der Waals surface area contributed by atoms with Crippen molar-refractivity contribution < 1.29 is 0 Å². The van der Waals surface area contributed by atoms with E-state index in [9.17, 15) is 0 Å². The van der Waals surface area contributed by atoms with Crippen molar-refractivity contribution in [3.8, 4) is 0 Å². The van der Waals surface area contributed by atoms with Crippen LogP contribution in [0.5, 0.6) is 0 Å². The van der Waals surface area contributed by atoms with Gasteiger partial charge in [-0.2, -0.15) is 0 Å². The minimum Gasteiger partial charge on any atom is -0.366 e. The molecule has 0 amide bonds. The predicted octanol–water partition coefficient (Wildman–Crippen LogP) is 3.93. The summed E-state index contributed by atoms with van der Waals surface area (Å²) in [4.78, 5) is 8.80. The van der Waals surface area contributed by atoms with Gasteiger partial charge >= 0.3 is 0 Å². The van der Waals surface area contributed by atoms with Gasteiger partial charge in [-0.05, 0) is 37.8 Å². The first-order valence-corrected chi connectivity index (χ1v) is 7.22.